The fourth-order valence-corrected chi connectivity index (χ4v) is 5.81. The summed E-state index contributed by atoms with van der Waals surface area (Å²) in [6, 6.07) is 17.3. The third kappa shape index (κ3) is 4.85. The predicted octanol–water partition coefficient (Wildman–Crippen LogP) is 4.33. The Labute approximate surface area is 219 Å². The van der Waals surface area contributed by atoms with Gasteiger partial charge in [0.1, 0.15) is 0 Å². The average molecular weight is 506 g/mol. The van der Waals surface area contributed by atoms with E-state index < -0.39 is 0 Å². The number of hydrogen-bond donors (Lipinski definition) is 1. The van der Waals surface area contributed by atoms with E-state index in [0.717, 1.165) is 50.1 Å². The maximum Gasteiger partial charge on any atom is 0.170 e. The van der Waals surface area contributed by atoms with Gasteiger partial charge in [-0.05, 0) is 80.5 Å². The molecule has 0 saturated carbocycles. The van der Waals surface area contributed by atoms with Gasteiger partial charge in [0.15, 0.2) is 5.11 Å². The van der Waals surface area contributed by atoms with Gasteiger partial charge in [-0.2, -0.15) is 0 Å². The van der Waals surface area contributed by atoms with Crippen molar-refractivity contribution in [2.45, 2.75) is 32.4 Å². The van der Waals surface area contributed by atoms with Crippen LogP contribution >= 0.6 is 12.2 Å². The number of morpholine rings is 1. The van der Waals surface area contributed by atoms with Crippen LogP contribution in [0.2, 0.25) is 0 Å². The molecule has 0 bridgehead atoms. The van der Waals surface area contributed by atoms with Gasteiger partial charge in [0.2, 0.25) is 0 Å². The Morgan fingerprint density at radius 3 is 2.53 bits per heavy atom. The molecule has 0 spiro atoms. The van der Waals surface area contributed by atoms with Crippen molar-refractivity contribution in [2.75, 3.05) is 51.5 Å². The molecule has 2 aliphatic heterocycles. The summed E-state index contributed by atoms with van der Waals surface area (Å²) in [6.07, 6.45) is 2.76. The van der Waals surface area contributed by atoms with E-state index in [0.29, 0.717) is 6.61 Å². The average Bonchev–Trinajstić information content (AvgIpc) is 3.40. The van der Waals surface area contributed by atoms with Crippen molar-refractivity contribution < 1.29 is 9.47 Å². The quantitative estimate of drug-likeness (QED) is 0.361. The van der Waals surface area contributed by atoms with Crippen molar-refractivity contribution in [3.8, 4) is 5.69 Å². The van der Waals surface area contributed by atoms with Crippen molar-refractivity contribution in [3.63, 3.8) is 0 Å². The molecule has 2 saturated heterocycles. The second kappa shape index (κ2) is 11.0. The van der Waals surface area contributed by atoms with E-state index in [2.05, 4.69) is 74.9 Å². The number of pyridine rings is 1. The summed E-state index contributed by atoms with van der Waals surface area (Å²) in [5, 5.41) is 4.33. The molecule has 8 heteroatoms. The summed E-state index contributed by atoms with van der Waals surface area (Å²) in [4.78, 5) is 9.37. The maximum absolute atomic E-state index is 5.82. The molecule has 1 aromatic carbocycles. The monoisotopic (exact) mass is 505 g/mol. The molecule has 1 N–H and O–H groups in total. The second-order valence-corrected chi connectivity index (χ2v) is 9.83. The first kappa shape index (κ1) is 24.7. The number of thiocarbonyl (C=S) groups is 1. The lowest BCUT2D eigenvalue weighted by atomic mass is 9.96. The Morgan fingerprint density at radius 2 is 1.83 bits per heavy atom. The number of nitrogens with zero attached hydrogens (tertiary/aromatic N) is 4. The maximum atomic E-state index is 5.82. The van der Waals surface area contributed by atoms with Gasteiger partial charge < -0.3 is 29.2 Å². The second-order valence-electron chi connectivity index (χ2n) is 9.44. The molecular weight excluding hydrogens is 470 g/mol. The van der Waals surface area contributed by atoms with Crippen LogP contribution in [0.5, 0.6) is 0 Å². The molecule has 36 heavy (non-hydrogen) atoms. The Balaban J connectivity index is 1.49. The van der Waals surface area contributed by atoms with Crippen LogP contribution in [0.4, 0.5) is 5.69 Å². The van der Waals surface area contributed by atoms with Crippen LogP contribution in [0, 0.1) is 13.8 Å². The number of anilines is 1. The molecule has 0 amide bonds. The molecule has 2 fully saturated rings. The number of hydrogen-bond acceptors (Lipinski definition) is 5. The van der Waals surface area contributed by atoms with E-state index in [4.69, 9.17) is 21.7 Å². The van der Waals surface area contributed by atoms with Crippen molar-refractivity contribution in [3.05, 3.63) is 77.4 Å². The van der Waals surface area contributed by atoms with Crippen LogP contribution in [0.25, 0.3) is 5.69 Å². The van der Waals surface area contributed by atoms with Gasteiger partial charge >= 0.3 is 0 Å². The Kier molecular flexibility index (Phi) is 7.55. The van der Waals surface area contributed by atoms with Crippen molar-refractivity contribution in [1.82, 2.24) is 19.8 Å². The standard InChI is InChI=1S/C28H35N5O2S/c1-20-19-24(21(2)33(20)23-10-8-22(9-11-23)31-14-17-35-18-15-31)27-26(25-7-4-5-12-29-25)30-28(36)32(27)13-6-16-34-3/h4-5,7-12,19,26-27H,6,13-18H2,1-3H3,(H,30,36)/t26-,27+/m1/s1. The largest absolute Gasteiger partial charge is 0.385 e. The molecule has 190 valence electrons. The topological polar surface area (TPSA) is 54.8 Å². The summed E-state index contributed by atoms with van der Waals surface area (Å²) < 4.78 is 13.2. The lowest BCUT2D eigenvalue weighted by Crippen LogP contribution is -2.36. The number of aryl methyl sites for hydroxylation is 1. The molecule has 3 aromatic rings. The van der Waals surface area contributed by atoms with Crippen LogP contribution < -0.4 is 10.2 Å². The van der Waals surface area contributed by atoms with E-state index in [-0.39, 0.29) is 12.1 Å². The third-order valence-corrected chi connectivity index (χ3v) is 7.57. The molecule has 0 aliphatic carbocycles. The van der Waals surface area contributed by atoms with Gasteiger partial charge in [0.05, 0.1) is 31.0 Å². The van der Waals surface area contributed by atoms with Gasteiger partial charge in [-0.3, -0.25) is 4.98 Å². The molecule has 2 aromatic heterocycles. The molecule has 2 aliphatic rings. The van der Waals surface area contributed by atoms with Crippen molar-refractivity contribution in [1.29, 1.82) is 0 Å². The van der Waals surface area contributed by atoms with Crippen LogP contribution in [-0.2, 0) is 9.47 Å². The van der Waals surface area contributed by atoms with Gasteiger partial charge in [0.25, 0.3) is 0 Å². The highest BCUT2D eigenvalue weighted by Gasteiger charge is 2.41. The lowest BCUT2D eigenvalue weighted by Gasteiger charge is -2.29. The van der Waals surface area contributed by atoms with Gasteiger partial charge in [-0.1, -0.05) is 6.07 Å². The first-order valence-corrected chi connectivity index (χ1v) is 13.1. The van der Waals surface area contributed by atoms with Crippen LogP contribution in [0.3, 0.4) is 0 Å². The zero-order valence-corrected chi connectivity index (χ0v) is 22.1. The van der Waals surface area contributed by atoms with E-state index in [1.54, 1.807) is 7.11 Å². The summed E-state index contributed by atoms with van der Waals surface area (Å²) in [7, 11) is 1.74. The number of ether oxygens (including phenoxy) is 2. The molecule has 2 atom stereocenters. The third-order valence-electron chi connectivity index (χ3n) is 7.22. The molecule has 0 radical (unpaired) electrons. The van der Waals surface area contributed by atoms with E-state index in [1.165, 1.54) is 28.3 Å². The molecular formula is C28H35N5O2S. The number of aromatic nitrogens is 2. The van der Waals surface area contributed by atoms with Crippen molar-refractivity contribution >= 4 is 23.0 Å². The van der Waals surface area contributed by atoms with E-state index >= 15 is 0 Å². The zero-order chi connectivity index (χ0) is 25.1. The van der Waals surface area contributed by atoms with Crippen molar-refractivity contribution in [2.24, 2.45) is 0 Å². The van der Waals surface area contributed by atoms with Gasteiger partial charge in [0, 0.05) is 62.3 Å². The van der Waals surface area contributed by atoms with Crippen LogP contribution in [0.15, 0.2) is 54.7 Å². The molecule has 4 heterocycles. The minimum Gasteiger partial charge on any atom is -0.385 e. The predicted molar refractivity (Wildman–Crippen MR) is 147 cm³/mol. The Morgan fingerprint density at radius 1 is 1.08 bits per heavy atom. The highest BCUT2D eigenvalue weighted by atomic mass is 32.1. The minimum absolute atomic E-state index is 0.0149. The number of methoxy groups -OCH3 is 1. The Bertz CT molecular complexity index is 1170. The van der Waals surface area contributed by atoms with Gasteiger partial charge in [-0.15, -0.1) is 0 Å². The summed E-state index contributed by atoms with van der Waals surface area (Å²) >= 11 is 5.82. The fraction of sp³-hybridized carbons (Fsp3) is 0.429. The molecule has 0 unspecified atom stereocenters. The lowest BCUT2D eigenvalue weighted by molar-refractivity contribution is 0.122. The normalized spacial score (nSPS) is 20.1. The fourth-order valence-electron chi connectivity index (χ4n) is 5.48. The highest BCUT2D eigenvalue weighted by molar-refractivity contribution is 7.80. The minimum atomic E-state index is -0.0149. The SMILES string of the molecule is COCCCN1C(=S)N[C@H](c2ccccn2)[C@@H]1c1cc(C)n(-c2ccc(N3CCOCC3)cc2)c1C. The number of rotatable bonds is 8. The smallest absolute Gasteiger partial charge is 0.170 e. The molecule has 5 rings (SSSR count). The number of benzene rings is 1. The van der Waals surface area contributed by atoms with Crippen LogP contribution in [0.1, 0.15) is 41.1 Å². The zero-order valence-electron chi connectivity index (χ0n) is 21.3. The summed E-state index contributed by atoms with van der Waals surface area (Å²) in [6.45, 7) is 9.37. The van der Waals surface area contributed by atoms with E-state index in [1.807, 2.05) is 18.3 Å². The highest BCUT2D eigenvalue weighted by Crippen LogP contribution is 2.41. The summed E-state index contributed by atoms with van der Waals surface area (Å²) in [5.74, 6) is 0. The first-order chi connectivity index (χ1) is 17.6. The first-order valence-electron chi connectivity index (χ1n) is 12.7. The van der Waals surface area contributed by atoms with Gasteiger partial charge in [-0.25, -0.2) is 0 Å². The van der Waals surface area contributed by atoms with Crippen LogP contribution in [-0.4, -0.2) is 66.1 Å². The Hall–Kier alpha value is -2.94. The molecule has 7 nitrogen and oxygen atoms in total. The number of nitrogens with one attached hydrogen (secondary N) is 1. The summed E-state index contributed by atoms with van der Waals surface area (Å²) in [5.41, 5.74) is 7.11. The van der Waals surface area contributed by atoms with E-state index in [9.17, 15) is 0 Å².